The molecule has 0 aliphatic carbocycles. The molecule has 4 rings (SSSR count). The van der Waals surface area contributed by atoms with Crippen molar-refractivity contribution in [3.63, 3.8) is 0 Å². The Morgan fingerprint density at radius 1 is 1.10 bits per heavy atom. The number of hydrogen-bond donors (Lipinski definition) is 2. The first-order valence-electron chi connectivity index (χ1n) is 9.27. The van der Waals surface area contributed by atoms with Crippen LogP contribution in [0.4, 0.5) is 11.4 Å². The molecule has 6 nitrogen and oxygen atoms in total. The van der Waals surface area contributed by atoms with Gasteiger partial charge in [0, 0.05) is 22.3 Å². The number of carbonyl (C=O) groups excluding carboxylic acids is 2. The molecule has 0 saturated heterocycles. The maximum absolute atomic E-state index is 13.3. The molecule has 0 saturated carbocycles. The average molecular weight is 423 g/mol. The second kappa shape index (κ2) is 7.82. The van der Waals surface area contributed by atoms with Crippen molar-refractivity contribution in [3.05, 3.63) is 88.9 Å². The third-order valence-electron chi connectivity index (χ3n) is 5.04. The molecule has 2 amide bonds. The summed E-state index contributed by atoms with van der Waals surface area (Å²) in [4.78, 5) is 27.3. The first-order chi connectivity index (χ1) is 14.4. The van der Waals surface area contributed by atoms with Gasteiger partial charge in [0.05, 0.1) is 12.8 Å². The van der Waals surface area contributed by atoms with Crippen LogP contribution < -0.4 is 15.0 Å². The van der Waals surface area contributed by atoms with Crippen molar-refractivity contribution in [2.24, 2.45) is 0 Å². The SMILES string of the molecule is COc1cccc(NC(=O)CN2C(=O)C(O)(c3cccc(Cl)c3)c3ccccc32)c1. The van der Waals surface area contributed by atoms with E-state index in [0.717, 1.165) is 0 Å². The molecule has 2 N–H and O–H groups in total. The van der Waals surface area contributed by atoms with Gasteiger partial charge in [0.15, 0.2) is 5.60 Å². The van der Waals surface area contributed by atoms with Crippen molar-refractivity contribution in [3.8, 4) is 5.75 Å². The lowest BCUT2D eigenvalue weighted by Crippen LogP contribution is -2.44. The number of nitrogens with zero attached hydrogens (tertiary/aromatic N) is 1. The van der Waals surface area contributed by atoms with Gasteiger partial charge in [0.25, 0.3) is 5.91 Å². The van der Waals surface area contributed by atoms with Crippen LogP contribution in [-0.4, -0.2) is 30.6 Å². The van der Waals surface area contributed by atoms with Crippen molar-refractivity contribution < 1.29 is 19.4 Å². The number of aliphatic hydroxyl groups is 1. The normalized spacial score (nSPS) is 17.6. The lowest BCUT2D eigenvalue weighted by molar-refractivity contribution is -0.133. The summed E-state index contributed by atoms with van der Waals surface area (Å²) in [5.41, 5.74) is -0.137. The molecule has 0 fully saturated rings. The molecule has 30 heavy (non-hydrogen) atoms. The highest BCUT2D eigenvalue weighted by Gasteiger charge is 2.51. The standard InChI is InChI=1S/C23H19ClN2O4/c1-30-18-9-5-8-17(13-18)25-21(27)14-26-20-11-3-2-10-19(20)23(29,22(26)28)15-6-4-7-16(24)12-15/h2-13,29H,14H2,1H3,(H,25,27). The summed E-state index contributed by atoms with van der Waals surface area (Å²) in [6.45, 7) is -0.254. The van der Waals surface area contributed by atoms with Crippen LogP contribution in [0.25, 0.3) is 0 Å². The van der Waals surface area contributed by atoms with Gasteiger partial charge in [-0.25, -0.2) is 0 Å². The van der Waals surface area contributed by atoms with Crippen LogP contribution in [0.5, 0.6) is 5.75 Å². The Morgan fingerprint density at radius 2 is 1.87 bits per heavy atom. The summed E-state index contributed by atoms with van der Waals surface area (Å²) in [5.74, 6) is -0.403. The Morgan fingerprint density at radius 3 is 2.63 bits per heavy atom. The second-order valence-electron chi connectivity index (χ2n) is 6.91. The molecule has 3 aromatic carbocycles. The minimum Gasteiger partial charge on any atom is -0.497 e. The van der Waals surface area contributed by atoms with Crippen LogP contribution >= 0.6 is 11.6 Å². The molecular formula is C23H19ClN2O4. The molecule has 3 aromatic rings. The topological polar surface area (TPSA) is 78.9 Å². The lowest BCUT2D eigenvalue weighted by Gasteiger charge is -2.23. The number of rotatable bonds is 5. The van der Waals surface area contributed by atoms with E-state index in [9.17, 15) is 14.7 Å². The zero-order valence-corrected chi connectivity index (χ0v) is 16.9. The van der Waals surface area contributed by atoms with Crippen LogP contribution in [0.2, 0.25) is 5.02 Å². The minimum absolute atomic E-state index is 0.254. The molecule has 0 spiro atoms. The van der Waals surface area contributed by atoms with Crippen molar-refractivity contribution in [1.82, 2.24) is 0 Å². The number of nitrogens with one attached hydrogen (secondary N) is 1. The minimum atomic E-state index is -1.92. The summed E-state index contributed by atoms with van der Waals surface area (Å²) in [6.07, 6.45) is 0. The fourth-order valence-corrected chi connectivity index (χ4v) is 3.82. The van der Waals surface area contributed by atoms with E-state index in [1.807, 2.05) is 0 Å². The Kier molecular flexibility index (Phi) is 5.20. The van der Waals surface area contributed by atoms with Crippen LogP contribution in [0.1, 0.15) is 11.1 Å². The van der Waals surface area contributed by atoms with E-state index in [2.05, 4.69) is 5.32 Å². The maximum Gasteiger partial charge on any atom is 0.268 e. The van der Waals surface area contributed by atoms with Crippen LogP contribution in [-0.2, 0) is 15.2 Å². The molecule has 1 atom stereocenters. The fraction of sp³-hybridized carbons (Fsp3) is 0.130. The highest BCUT2D eigenvalue weighted by Crippen LogP contribution is 2.44. The van der Waals surface area contributed by atoms with Gasteiger partial charge in [0.2, 0.25) is 5.91 Å². The molecule has 7 heteroatoms. The monoisotopic (exact) mass is 422 g/mol. The van der Waals surface area contributed by atoms with Gasteiger partial charge in [0.1, 0.15) is 12.3 Å². The smallest absolute Gasteiger partial charge is 0.268 e. The zero-order chi connectivity index (χ0) is 21.3. The van der Waals surface area contributed by atoms with Crippen LogP contribution in [0.3, 0.4) is 0 Å². The molecule has 0 radical (unpaired) electrons. The van der Waals surface area contributed by atoms with Crippen molar-refractivity contribution in [2.45, 2.75) is 5.60 Å². The van der Waals surface area contributed by atoms with Gasteiger partial charge >= 0.3 is 0 Å². The van der Waals surface area contributed by atoms with E-state index in [-0.39, 0.29) is 6.54 Å². The van der Waals surface area contributed by atoms with E-state index in [4.69, 9.17) is 16.3 Å². The van der Waals surface area contributed by atoms with E-state index in [0.29, 0.717) is 33.3 Å². The highest BCUT2D eigenvalue weighted by molar-refractivity contribution is 6.30. The van der Waals surface area contributed by atoms with Crippen molar-refractivity contribution >= 4 is 34.8 Å². The quantitative estimate of drug-likeness (QED) is 0.658. The van der Waals surface area contributed by atoms with Crippen LogP contribution in [0, 0.1) is 0 Å². The van der Waals surface area contributed by atoms with E-state index >= 15 is 0 Å². The number of para-hydroxylation sites is 1. The number of amides is 2. The van der Waals surface area contributed by atoms with Gasteiger partial charge in [-0.1, -0.05) is 48.0 Å². The first kappa shape index (κ1) is 19.9. The van der Waals surface area contributed by atoms with E-state index < -0.39 is 17.4 Å². The first-order valence-corrected chi connectivity index (χ1v) is 9.65. The molecular weight excluding hydrogens is 404 g/mol. The number of ether oxygens (including phenoxy) is 1. The molecule has 1 heterocycles. The zero-order valence-electron chi connectivity index (χ0n) is 16.1. The maximum atomic E-state index is 13.3. The molecule has 0 bridgehead atoms. The number of anilines is 2. The van der Waals surface area contributed by atoms with Crippen LogP contribution in [0.15, 0.2) is 72.8 Å². The number of carbonyl (C=O) groups is 2. The predicted octanol–water partition coefficient (Wildman–Crippen LogP) is 3.57. The van der Waals surface area contributed by atoms with E-state index in [1.54, 1.807) is 72.8 Å². The van der Waals surface area contributed by atoms with Crippen molar-refractivity contribution in [2.75, 3.05) is 23.9 Å². The van der Waals surface area contributed by atoms with Crippen molar-refractivity contribution in [1.29, 1.82) is 0 Å². The predicted molar refractivity (Wildman–Crippen MR) is 115 cm³/mol. The fourth-order valence-electron chi connectivity index (χ4n) is 3.63. The molecule has 0 aromatic heterocycles. The number of hydrogen-bond acceptors (Lipinski definition) is 4. The number of methoxy groups -OCH3 is 1. The van der Waals surface area contributed by atoms with Gasteiger partial charge in [-0.05, 0) is 35.9 Å². The van der Waals surface area contributed by atoms with Gasteiger partial charge in [-0.2, -0.15) is 0 Å². The Hall–Kier alpha value is -3.35. The van der Waals surface area contributed by atoms with E-state index in [1.165, 1.54) is 12.0 Å². The average Bonchev–Trinajstić information content (AvgIpc) is 2.97. The molecule has 152 valence electrons. The second-order valence-corrected chi connectivity index (χ2v) is 7.35. The highest BCUT2D eigenvalue weighted by atomic mass is 35.5. The Labute approximate surface area is 178 Å². The summed E-state index contributed by atoms with van der Waals surface area (Å²) >= 11 is 6.09. The van der Waals surface area contributed by atoms with Gasteiger partial charge in [-0.15, -0.1) is 0 Å². The molecule has 1 unspecified atom stereocenters. The lowest BCUT2D eigenvalue weighted by atomic mass is 9.87. The van der Waals surface area contributed by atoms with Gasteiger partial charge < -0.3 is 15.2 Å². The summed E-state index contributed by atoms with van der Waals surface area (Å²) in [7, 11) is 1.54. The summed E-state index contributed by atoms with van der Waals surface area (Å²) < 4.78 is 5.16. The van der Waals surface area contributed by atoms with Gasteiger partial charge in [-0.3, -0.25) is 14.5 Å². The molecule has 1 aliphatic rings. The number of halogens is 1. The number of fused-ring (bicyclic) bond motifs is 1. The number of benzene rings is 3. The third-order valence-corrected chi connectivity index (χ3v) is 5.27. The Balaban J connectivity index is 1.64. The molecule has 1 aliphatic heterocycles. The summed E-state index contributed by atoms with van der Waals surface area (Å²) in [5, 5.41) is 14.6. The summed E-state index contributed by atoms with van der Waals surface area (Å²) in [6, 6.07) is 20.3. The Bertz CT molecular complexity index is 1130. The third kappa shape index (κ3) is 3.40. The largest absolute Gasteiger partial charge is 0.497 e.